The second-order valence-electron chi connectivity index (χ2n) is 10.2. The molecule has 2 N–H and O–H groups in total. The van der Waals surface area contributed by atoms with E-state index in [0.29, 0.717) is 45.1 Å². The van der Waals surface area contributed by atoms with E-state index in [-0.39, 0.29) is 24.9 Å². The molecule has 3 aromatic rings. The number of carbonyl (C=O) groups is 1. The zero-order chi connectivity index (χ0) is 26.1. The van der Waals surface area contributed by atoms with Gasteiger partial charge in [-0.05, 0) is 18.2 Å². The maximum Gasteiger partial charge on any atom is 0.249 e. The minimum Gasteiger partial charge on any atom is -0.374 e. The molecule has 3 aliphatic rings. The van der Waals surface area contributed by atoms with Crippen LogP contribution in [0.4, 0.5) is 20.3 Å². The van der Waals surface area contributed by atoms with Crippen LogP contribution in [0.2, 0.25) is 0 Å². The van der Waals surface area contributed by atoms with Crippen LogP contribution >= 0.6 is 0 Å². The van der Waals surface area contributed by atoms with Gasteiger partial charge in [0.2, 0.25) is 11.8 Å². The number of piperazine rings is 1. The highest BCUT2D eigenvalue weighted by Gasteiger charge is 2.49. The smallest absolute Gasteiger partial charge is 0.249 e. The highest BCUT2D eigenvalue weighted by Crippen LogP contribution is 2.43. The van der Waals surface area contributed by atoms with Crippen molar-refractivity contribution in [2.75, 3.05) is 62.6 Å². The number of hydrogen-bond donors (Lipinski definition) is 2. The average Bonchev–Trinajstić information content (AvgIpc) is 2.95. The number of nitrogens with one attached hydrogen (secondary N) is 2. The van der Waals surface area contributed by atoms with Gasteiger partial charge in [0.05, 0.1) is 23.9 Å². The van der Waals surface area contributed by atoms with Gasteiger partial charge in [0.1, 0.15) is 5.52 Å². The average molecular weight is 524 g/mol. The van der Waals surface area contributed by atoms with E-state index in [1.165, 1.54) is 0 Å². The molecule has 2 aliphatic heterocycles. The highest BCUT2D eigenvalue weighted by atomic mass is 19.3. The van der Waals surface area contributed by atoms with Gasteiger partial charge in [-0.2, -0.15) is 0 Å². The van der Waals surface area contributed by atoms with Crippen LogP contribution < -0.4 is 15.5 Å². The van der Waals surface area contributed by atoms with Crippen LogP contribution in [0.3, 0.4) is 0 Å². The molecule has 9 nitrogen and oxygen atoms in total. The summed E-state index contributed by atoms with van der Waals surface area (Å²) in [7, 11) is 0. The summed E-state index contributed by atoms with van der Waals surface area (Å²) < 4.78 is 32.1. The Kier molecular flexibility index (Phi) is 6.79. The molecule has 1 amide bonds. The molecule has 2 saturated heterocycles. The van der Waals surface area contributed by atoms with Gasteiger partial charge in [-0.15, -0.1) is 0 Å². The molecule has 4 heterocycles. The topological polar surface area (TPSA) is 95.5 Å². The fourth-order valence-electron chi connectivity index (χ4n) is 5.33. The number of ether oxygens (including phenoxy) is 1. The Hall–Kier alpha value is -3.44. The van der Waals surface area contributed by atoms with Crippen LogP contribution in [0.25, 0.3) is 22.3 Å². The third-order valence-corrected chi connectivity index (χ3v) is 7.52. The number of benzene rings is 1. The lowest BCUT2D eigenvalue weighted by Crippen LogP contribution is -2.53. The number of anilines is 2. The number of halogens is 2. The first-order chi connectivity index (χ1) is 18.4. The van der Waals surface area contributed by atoms with Crippen LogP contribution in [0.5, 0.6) is 0 Å². The predicted octanol–water partition coefficient (Wildman–Crippen LogP) is 2.79. The largest absolute Gasteiger partial charge is 0.374 e. The second-order valence-corrected chi connectivity index (χ2v) is 10.2. The van der Waals surface area contributed by atoms with Crippen molar-refractivity contribution in [1.82, 2.24) is 25.2 Å². The Bertz CT molecular complexity index is 1280. The number of aromatic nitrogens is 3. The molecule has 11 heteroatoms. The van der Waals surface area contributed by atoms with Crippen molar-refractivity contribution in [1.29, 1.82) is 0 Å². The number of rotatable bonds is 6. The first kappa shape index (κ1) is 24.9. The summed E-state index contributed by atoms with van der Waals surface area (Å²) in [6.45, 7) is 5.39. The van der Waals surface area contributed by atoms with Gasteiger partial charge in [-0.1, -0.05) is 12.1 Å². The van der Waals surface area contributed by atoms with Gasteiger partial charge in [-0.25, -0.2) is 18.7 Å². The van der Waals surface area contributed by atoms with Crippen molar-refractivity contribution in [3.63, 3.8) is 0 Å². The number of pyridine rings is 1. The van der Waals surface area contributed by atoms with Crippen LogP contribution in [0, 0.1) is 5.92 Å². The summed E-state index contributed by atoms with van der Waals surface area (Å²) in [5.41, 5.74) is 4.28. The van der Waals surface area contributed by atoms with Gasteiger partial charge in [0.25, 0.3) is 0 Å². The second kappa shape index (κ2) is 10.4. The monoisotopic (exact) mass is 523 g/mol. The molecule has 38 heavy (non-hydrogen) atoms. The van der Waals surface area contributed by atoms with E-state index in [2.05, 4.69) is 37.6 Å². The summed E-state index contributed by atoms with van der Waals surface area (Å²) in [4.78, 5) is 30.3. The number of carbonyl (C=O) groups excluding carboxylic acids is 1. The van der Waals surface area contributed by atoms with Crippen molar-refractivity contribution in [3.05, 3.63) is 42.7 Å². The Morgan fingerprint density at radius 2 is 1.87 bits per heavy atom. The lowest BCUT2D eigenvalue weighted by atomic mass is 9.80. The fourth-order valence-corrected chi connectivity index (χ4v) is 5.33. The van der Waals surface area contributed by atoms with E-state index >= 15 is 0 Å². The minimum atomic E-state index is -2.67. The first-order valence-electron chi connectivity index (χ1n) is 13.2. The van der Waals surface area contributed by atoms with Gasteiger partial charge >= 0.3 is 0 Å². The predicted molar refractivity (Wildman–Crippen MR) is 140 cm³/mol. The quantitative estimate of drug-likeness (QED) is 0.510. The molecule has 1 aliphatic carbocycles. The molecular weight excluding hydrogens is 492 g/mol. The third kappa shape index (κ3) is 5.25. The Balaban J connectivity index is 1.12. The summed E-state index contributed by atoms with van der Waals surface area (Å²) in [6.07, 6.45) is 2.77. The van der Waals surface area contributed by atoms with E-state index in [1.54, 1.807) is 17.3 Å². The molecule has 0 radical (unpaired) electrons. The Morgan fingerprint density at radius 3 is 2.58 bits per heavy atom. The number of hydrogen-bond acceptors (Lipinski definition) is 8. The van der Waals surface area contributed by atoms with E-state index in [0.717, 1.165) is 41.1 Å². The molecule has 1 aromatic carbocycles. The fraction of sp³-hybridized carbons (Fsp3) is 0.481. The van der Waals surface area contributed by atoms with Gasteiger partial charge in [-0.3, -0.25) is 9.78 Å². The van der Waals surface area contributed by atoms with Crippen LogP contribution in [0.1, 0.15) is 12.8 Å². The molecule has 6 rings (SSSR count). The highest BCUT2D eigenvalue weighted by molar-refractivity contribution is 5.88. The number of amides is 1. The maximum atomic E-state index is 13.2. The number of nitrogens with zero attached hydrogens (tertiary/aromatic N) is 5. The molecular formula is C27H31F2N7O2. The standard InChI is InChI=1S/C27H31F2N7O2/c28-27(29)14-19(15-27)26(37)36-10-8-35(9-11-36)20-3-1-18(2-4-20)22-13-23-24(32-6-5-31-23)25(34-22)33-17-21-16-30-7-12-38-21/h1-6,13,19,21,30H,7-12,14-17H2,(H,33,34)/t21-/m0/s1. The molecule has 3 fully saturated rings. The van der Waals surface area contributed by atoms with Crippen molar-refractivity contribution in [3.8, 4) is 11.3 Å². The van der Waals surface area contributed by atoms with Gasteiger partial charge < -0.3 is 25.2 Å². The maximum absolute atomic E-state index is 13.2. The van der Waals surface area contributed by atoms with Crippen LogP contribution in [-0.2, 0) is 9.53 Å². The summed E-state index contributed by atoms with van der Waals surface area (Å²) in [5, 5.41) is 6.74. The lowest BCUT2D eigenvalue weighted by Gasteiger charge is -2.41. The number of fused-ring (bicyclic) bond motifs is 1. The Morgan fingerprint density at radius 1 is 1.11 bits per heavy atom. The molecule has 1 atom stereocenters. The summed E-state index contributed by atoms with van der Waals surface area (Å²) in [5.74, 6) is -2.66. The molecule has 200 valence electrons. The van der Waals surface area contributed by atoms with E-state index in [4.69, 9.17) is 9.72 Å². The zero-order valence-corrected chi connectivity index (χ0v) is 21.1. The van der Waals surface area contributed by atoms with Crippen molar-refractivity contribution in [2.24, 2.45) is 5.92 Å². The van der Waals surface area contributed by atoms with Crippen LogP contribution in [0.15, 0.2) is 42.7 Å². The number of alkyl halides is 2. The van der Waals surface area contributed by atoms with Crippen molar-refractivity contribution in [2.45, 2.75) is 24.9 Å². The van der Waals surface area contributed by atoms with Crippen molar-refractivity contribution < 1.29 is 18.3 Å². The normalized spacial score (nSPS) is 21.8. The Labute approximate surface area is 219 Å². The van der Waals surface area contributed by atoms with Crippen molar-refractivity contribution >= 4 is 28.4 Å². The van der Waals surface area contributed by atoms with Crippen LogP contribution in [-0.4, -0.2) is 90.2 Å². The first-order valence-corrected chi connectivity index (χ1v) is 13.2. The molecule has 2 aromatic heterocycles. The zero-order valence-electron chi connectivity index (χ0n) is 21.1. The van der Waals surface area contributed by atoms with Gasteiger partial charge in [0, 0.05) is 88.2 Å². The third-order valence-electron chi connectivity index (χ3n) is 7.52. The SMILES string of the molecule is O=C(C1CC(F)(F)C1)N1CCN(c2ccc(-c3cc4nccnc4c(NC[C@@H]4CNCCO4)n3)cc2)CC1. The van der Waals surface area contributed by atoms with E-state index < -0.39 is 11.8 Å². The molecule has 0 bridgehead atoms. The van der Waals surface area contributed by atoms with E-state index in [1.807, 2.05) is 18.2 Å². The minimum absolute atomic E-state index is 0.0608. The lowest BCUT2D eigenvalue weighted by molar-refractivity contribution is -0.160. The molecule has 0 unspecified atom stereocenters. The molecule has 0 spiro atoms. The summed E-state index contributed by atoms with van der Waals surface area (Å²) >= 11 is 0. The van der Waals surface area contributed by atoms with Gasteiger partial charge in [0.15, 0.2) is 5.82 Å². The summed E-state index contributed by atoms with van der Waals surface area (Å²) in [6, 6.07) is 10.1. The van der Waals surface area contributed by atoms with E-state index in [9.17, 15) is 13.6 Å². The number of morpholine rings is 1. The molecule has 1 saturated carbocycles.